The summed E-state index contributed by atoms with van der Waals surface area (Å²) in [5.41, 5.74) is 9.90. The number of carbonyl (C=O) groups is 2. The quantitative estimate of drug-likeness (QED) is 0.0820. The third-order valence-corrected chi connectivity index (χ3v) is 16.2. The van der Waals surface area contributed by atoms with Crippen LogP contribution in [0.15, 0.2) is 48.5 Å². The second-order valence-corrected chi connectivity index (χ2v) is 22.3. The number of benzene rings is 2. The number of aryl methyl sites for hydroxylation is 2. The first-order valence-corrected chi connectivity index (χ1v) is 24.8. The third-order valence-electron chi connectivity index (χ3n) is 16.2. The maximum Gasteiger partial charge on any atom is 0.457 e. The number of aliphatic carboxylic acids is 1. The number of piperidine rings is 2. The molecule has 5 aliphatic rings. The lowest BCUT2D eigenvalue weighted by molar-refractivity contribution is -0.147. The number of rotatable bonds is 16. The Bertz CT molecular complexity index is 1840. The first-order valence-electron chi connectivity index (χ1n) is 24.8. The normalized spacial score (nSPS) is 24.5. The SMILES string of the molecule is CC(C)(C)NC(=O)C(C)(CCCCB1OC(C)(C)C(C)(C)O1)C1CCN(C2CCc3ccccc32)CC1.NC(CCCCB(O)O)(C(=O)O)C1CCN(C2CCc3ccccc32)CC1. The van der Waals surface area contributed by atoms with Crippen LogP contribution in [0, 0.1) is 17.3 Å². The number of nitrogens with two attached hydrogens (primary N) is 1. The van der Waals surface area contributed by atoms with E-state index >= 15 is 0 Å². The van der Waals surface area contributed by atoms with Gasteiger partial charge in [-0.1, -0.05) is 81.1 Å². The van der Waals surface area contributed by atoms with E-state index in [-0.39, 0.29) is 47.4 Å². The zero-order valence-corrected chi connectivity index (χ0v) is 40.7. The van der Waals surface area contributed by atoms with Crippen LogP contribution >= 0.6 is 0 Å². The van der Waals surface area contributed by atoms with E-state index in [1.165, 1.54) is 35.1 Å². The highest BCUT2D eigenvalue weighted by Gasteiger charge is 2.51. The predicted octanol–water partition coefficient (Wildman–Crippen LogP) is 8.38. The summed E-state index contributed by atoms with van der Waals surface area (Å²) in [6, 6.07) is 18.6. The summed E-state index contributed by atoms with van der Waals surface area (Å²) in [4.78, 5) is 30.8. The summed E-state index contributed by atoms with van der Waals surface area (Å²) in [5, 5.41) is 31.0. The molecule has 3 aliphatic heterocycles. The maximum absolute atomic E-state index is 13.7. The van der Waals surface area contributed by atoms with Gasteiger partial charge in [-0.2, -0.15) is 0 Å². The van der Waals surface area contributed by atoms with Gasteiger partial charge in [0, 0.05) is 23.0 Å². The molecule has 2 aromatic carbocycles. The van der Waals surface area contributed by atoms with Crippen molar-refractivity contribution in [3.05, 3.63) is 70.8 Å². The highest BCUT2D eigenvalue weighted by atomic mass is 16.7. The average Bonchev–Trinajstić information content (AvgIpc) is 3.93. The van der Waals surface area contributed by atoms with E-state index in [0.29, 0.717) is 37.3 Å². The van der Waals surface area contributed by atoms with Gasteiger partial charge in [0.25, 0.3) is 0 Å². The van der Waals surface area contributed by atoms with Crippen molar-refractivity contribution in [1.82, 2.24) is 15.1 Å². The number of unbranched alkanes of at least 4 members (excludes halogenated alkanes) is 2. The summed E-state index contributed by atoms with van der Waals surface area (Å²) >= 11 is 0. The Hall–Kier alpha value is -2.77. The van der Waals surface area contributed by atoms with Crippen LogP contribution < -0.4 is 11.1 Å². The van der Waals surface area contributed by atoms with Crippen LogP contribution in [-0.2, 0) is 31.7 Å². The molecule has 13 heteroatoms. The van der Waals surface area contributed by atoms with Crippen molar-refractivity contribution in [3.63, 3.8) is 0 Å². The Balaban J connectivity index is 0.000000223. The Morgan fingerprint density at radius 1 is 0.734 bits per heavy atom. The van der Waals surface area contributed by atoms with E-state index in [2.05, 4.69) is 119 Å². The van der Waals surface area contributed by atoms with Crippen molar-refractivity contribution in [2.75, 3.05) is 26.2 Å². The van der Waals surface area contributed by atoms with E-state index < -0.39 is 18.6 Å². The zero-order chi connectivity index (χ0) is 46.5. The second-order valence-electron chi connectivity index (χ2n) is 22.3. The number of carbonyl (C=O) groups excluding carboxylic acids is 1. The topological polar surface area (TPSA) is 158 Å². The largest absolute Gasteiger partial charge is 0.480 e. The molecule has 7 rings (SSSR count). The second kappa shape index (κ2) is 21.0. The summed E-state index contributed by atoms with van der Waals surface area (Å²) < 4.78 is 12.4. The van der Waals surface area contributed by atoms with Crippen LogP contribution in [-0.4, -0.2) is 99.5 Å². The summed E-state index contributed by atoms with van der Waals surface area (Å²) in [6.45, 7) is 20.8. The fourth-order valence-electron chi connectivity index (χ4n) is 11.5. The van der Waals surface area contributed by atoms with Crippen LogP contribution in [0.4, 0.5) is 0 Å². The summed E-state index contributed by atoms with van der Waals surface area (Å²) in [6.07, 6.45) is 14.0. The van der Waals surface area contributed by atoms with Crippen molar-refractivity contribution in [1.29, 1.82) is 0 Å². The molecule has 11 nitrogen and oxygen atoms in total. The maximum atomic E-state index is 13.7. The van der Waals surface area contributed by atoms with Crippen molar-refractivity contribution in [3.8, 4) is 0 Å². The Morgan fingerprint density at radius 3 is 1.67 bits per heavy atom. The molecule has 2 aromatic rings. The fourth-order valence-corrected chi connectivity index (χ4v) is 11.5. The Kier molecular flexibility index (Phi) is 16.6. The molecule has 6 N–H and O–H groups in total. The van der Waals surface area contributed by atoms with Gasteiger partial charge in [0.05, 0.1) is 11.2 Å². The molecule has 2 aliphatic carbocycles. The molecular formula is C51H82B2N4O7. The monoisotopic (exact) mass is 885 g/mol. The molecule has 4 unspecified atom stereocenters. The Labute approximate surface area is 386 Å². The minimum Gasteiger partial charge on any atom is -0.480 e. The predicted molar refractivity (Wildman–Crippen MR) is 258 cm³/mol. The number of nitrogens with one attached hydrogen (secondary N) is 1. The molecule has 0 radical (unpaired) electrons. The van der Waals surface area contributed by atoms with Crippen molar-refractivity contribution < 1.29 is 34.1 Å². The van der Waals surface area contributed by atoms with E-state index in [9.17, 15) is 14.7 Å². The lowest BCUT2D eigenvalue weighted by Gasteiger charge is -2.44. The number of nitrogens with zero attached hydrogens (tertiary/aromatic N) is 2. The van der Waals surface area contributed by atoms with Crippen LogP contribution in [0.5, 0.6) is 0 Å². The molecule has 3 saturated heterocycles. The van der Waals surface area contributed by atoms with Crippen molar-refractivity contribution >= 4 is 26.1 Å². The summed E-state index contributed by atoms with van der Waals surface area (Å²) in [7, 11) is -1.49. The highest BCUT2D eigenvalue weighted by Crippen LogP contribution is 2.45. The third kappa shape index (κ3) is 12.0. The molecular weight excluding hydrogens is 802 g/mol. The zero-order valence-electron chi connectivity index (χ0n) is 40.7. The van der Waals surface area contributed by atoms with Crippen molar-refractivity contribution in [2.24, 2.45) is 23.0 Å². The number of hydrogen-bond acceptors (Lipinski definition) is 9. The van der Waals surface area contributed by atoms with Crippen LogP contribution in [0.3, 0.4) is 0 Å². The Morgan fingerprint density at radius 2 is 1.20 bits per heavy atom. The van der Waals surface area contributed by atoms with Gasteiger partial charge in [0.1, 0.15) is 5.54 Å². The van der Waals surface area contributed by atoms with E-state index in [1.54, 1.807) is 0 Å². The van der Waals surface area contributed by atoms with E-state index in [4.69, 9.17) is 25.1 Å². The fraction of sp³-hybridized carbons (Fsp3) is 0.725. The summed E-state index contributed by atoms with van der Waals surface area (Å²) in [5.74, 6) is -0.349. The number of fused-ring (bicyclic) bond motifs is 2. The first-order chi connectivity index (χ1) is 30.1. The average molecular weight is 885 g/mol. The van der Waals surface area contributed by atoms with Gasteiger partial charge >= 0.3 is 20.2 Å². The van der Waals surface area contributed by atoms with Gasteiger partial charge < -0.3 is 35.5 Å². The molecule has 3 heterocycles. The molecule has 1 amide bonds. The molecule has 3 fully saturated rings. The number of carboxylic acids is 1. The van der Waals surface area contributed by atoms with Gasteiger partial charge in [0.15, 0.2) is 0 Å². The highest BCUT2D eigenvalue weighted by molar-refractivity contribution is 6.45. The van der Waals surface area contributed by atoms with Gasteiger partial charge in [-0.05, 0) is 186 Å². The molecule has 4 atom stereocenters. The number of hydrogen-bond donors (Lipinski definition) is 5. The molecule has 354 valence electrons. The molecule has 0 spiro atoms. The minimum atomic E-state index is -1.33. The minimum absolute atomic E-state index is 0.0399. The standard InChI is InChI=1S/C31H51BN2O3.C20H31BN2O4/c1-28(2,3)33-27(35)31(8,19-11-12-20-32-36-29(4,5)30(6,7)37-32)24-17-21-34(22-18-24)26-16-15-23-13-9-10-14-25(23)26;22-20(19(24)25,11-3-4-12-21(26)27)16-9-13-23(14-10-16)18-8-7-15-5-1-2-6-17(15)18/h9-10,13-14,24,26H,11-12,15-22H2,1-8H3,(H,33,35);1-2,5-6,16,18,26-27H,3-4,7-14,22H2,(H,24,25). The number of carboxylic acid groups (broad SMARTS) is 1. The molecule has 0 aromatic heterocycles. The molecule has 0 saturated carbocycles. The number of likely N-dealkylation sites (tertiary alicyclic amines) is 2. The number of amides is 1. The smallest absolute Gasteiger partial charge is 0.457 e. The van der Waals surface area contributed by atoms with Crippen LogP contribution in [0.25, 0.3) is 0 Å². The molecule has 64 heavy (non-hydrogen) atoms. The van der Waals surface area contributed by atoms with Gasteiger partial charge in [-0.25, -0.2) is 0 Å². The lowest BCUT2D eigenvalue weighted by atomic mass is 9.67. The van der Waals surface area contributed by atoms with E-state index in [0.717, 1.165) is 90.3 Å². The van der Waals surface area contributed by atoms with Gasteiger partial charge in [-0.15, -0.1) is 0 Å². The van der Waals surface area contributed by atoms with Crippen molar-refractivity contribution in [2.45, 2.75) is 192 Å². The first kappa shape index (κ1) is 50.6. The van der Waals surface area contributed by atoms with E-state index in [1.807, 2.05) is 0 Å². The molecule has 0 bridgehead atoms. The van der Waals surface area contributed by atoms with Gasteiger partial charge in [0.2, 0.25) is 5.91 Å². The van der Waals surface area contributed by atoms with Gasteiger partial charge in [-0.3, -0.25) is 19.4 Å². The van der Waals surface area contributed by atoms with Crippen LogP contribution in [0.2, 0.25) is 12.6 Å². The van der Waals surface area contributed by atoms with Crippen LogP contribution in [0.1, 0.15) is 167 Å². The lowest BCUT2D eigenvalue weighted by Crippen LogP contribution is -2.57.